The van der Waals surface area contributed by atoms with Gasteiger partial charge in [0.15, 0.2) is 0 Å². The van der Waals surface area contributed by atoms with Crippen molar-refractivity contribution in [1.29, 1.82) is 0 Å². The summed E-state index contributed by atoms with van der Waals surface area (Å²) < 4.78 is 0. The van der Waals surface area contributed by atoms with Crippen molar-refractivity contribution in [3.8, 4) is 0 Å². The first kappa shape index (κ1) is 20.5. The number of carbonyl (C=O) groups is 1. The van der Waals surface area contributed by atoms with Gasteiger partial charge in [-0.15, -0.1) is 0 Å². The minimum Gasteiger partial charge on any atom is -0.480 e. The number of aliphatic hydroxyl groups is 3. The summed E-state index contributed by atoms with van der Waals surface area (Å²) in [6, 6.07) is 8.54. The van der Waals surface area contributed by atoms with E-state index in [4.69, 9.17) is 26.2 Å². The van der Waals surface area contributed by atoms with Gasteiger partial charge in [0, 0.05) is 19.6 Å². The first-order chi connectivity index (χ1) is 10.5. The molecule has 0 radical (unpaired) electrons. The highest BCUT2D eigenvalue weighted by Gasteiger charge is 2.10. The third-order valence-electron chi connectivity index (χ3n) is 2.86. The van der Waals surface area contributed by atoms with Crippen molar-refractivity contribution in [2.75, 3.05) is 39.5 Å². The summed E-state index contributed by atoms with van der Waals surface area (Å²) in [5.41, 5.74) is 6.30. The molecule has 0 spiro atoms. The summed E-state index contributed by atoms with van der Waals surface area (Å²) in [5.74, 6) is -0.959. The molecule has 0 amide bonds. The van der Waals surface area contributed by atoms with Gasteiger partial charge < -0.3 is 26.2 Å². The van der Waals surface area contributed by atoms with E-state index >= 15 is 0 Å². The van der Waals surface area contributed by atoms with Crippen LogP contribution in [0.15, 0.2) is 30.3 Å². The van der Waals surface area contributed by atoms with Crippen molar-refractivity contribution in [3.05, 3.63) is 35.9 Å². The molecular formula is C15H26N2O5. The molecule has 1 atom stereocenters. The Balaban J connectivity index is 0.000000409. The predicted octanol–water partition coefficient (Wildman–Crippen LogP) is -1.09. The maximum Gasteiger partial charge on any atom is 0.320 e. The van der Waals surface area contributed by atoms with Gasteiger partial charge in [0.05, 0.1) is 19.8 Å². The zero-order valence-corrected chi connectivity index (χ0v) is 12.6. The summed E-state index contributed by atoms with van der Waals surface area (Å²) in [5, 5.41) is 34.0. The number of nitrogens with two attached hydrogens (primary N) is 1. The largest absolute Gasteiger partial charge is 0.480 e. The molecule has 126 valence electrons. The van der Waals surface area contributed by atoms with Crippen LogP contribution in [-0.2, 0) is 11.2 Å². The number of benzene rings is 1. The second kappa shape index (κ2) is 13.2. The van der Waals surface area contributed by atoms with Gasteiger partial charge in [-0.1, -0.05) is 30.3 Å². The van der Waals surface area contributed by atoms with Gasteiger partial charge >= 0.3 is 5.97 Å². The first-order valence-corrected chi connectivity index (χ1v) is 7.12. The van der Waals surface area contributed by atoms with Crippen LogP contribution in [0.4, 0.5) is 0 Å². The van der Waals surface area contributed by atoms with Crippen LogP contribution < -0.4 is 5.73 Å². The molecule has 0 aromatic heterocycles. The zero-order valence-electron chi connectivity index (χ0n) is 12.6. The summed E-state index contributed by atoms with van der Waals surface area (Å²) in [6.45, 7) is 1.75. The topological polar surface area (TPSA) is 127 Å². The summed E-state index contributed by atoms with van der Waals surface area (Å²) in [7, 11) is 0. The third kappa shape index (κ3) is 10.3. The third-order valence-corrected chi connectivity index (χ3v) is 2.86. The van der Waals surface area contributed by atoms with Crippen molar-refractivity contribution in [1.82, 2.24) is 4.90 Å². The Bertz CT molecular complexity index is 375. The molecule has 0 aliphatic rings. The fourth-order valence-electron chi connectivity index (χ4n) is 1.72. The van der Waals surface area contributed by atoms with Gasteiger partial charge in [-0.25, -0.2) is 0 Å². The monoisotopic (exact) mass is 314 g/mol. The number of rotatable bonds is 9. The molecule has 1 unspecified atom stereocenters. The molecular weight excluding hydrogens is 288 g/mol. The Labute approximate surface area is 130 Å². The molecule has 0 saturated carbocycles. The fraction of sp³-hybridized carbons (Fsp3) is 0.533. The van der Waals surface area contributed by atoms with E-state index in [9.17, 15) is 4.79 Å². The van der Waals surface area contributed by atoms with Crippen molar-refractivity contribution in [2.45, 2.75) is 12.5 Å². The highest BCUT2D eigenvalue weighted by molar-refractivity contribution is 5.73. The summed E-state index contributed by atoms with van der Waals surface area (Å²) in [4.78, 5) is 12.2. The van der Waals surface area contributed by atoms with Crippen LogP contribution in [-0.4, -0.2) is 76.8 Å². The second-order valence-electron chi connectivity index (χ2n) is 4.65. The van der Waals surface area contributed by atoms with Gasteiger partial charge in [0.2, 0.25) is 0 Å². The molecule has 0 heterocycles. The van der Waals surface area contributed by atoms with Crippen molar-refractivity contribution < 1.29 is 25.2 Å². The Hall–Kier alpha value is -1.51. The Kier molecular flexibility index (Phi) is 12.3. The molecule has 1 rings (SSSR count). The number of carboxylic acids is 1. The molecule has 0 bridgehead atoms. The van der Waals surface area contributed by atoms with Crippen LogP contribution in [0.3, 0.4) is 0 Å². The van der Waals surface area contributed by atoms with Crippen LogP contribution in [0.25, 0.3) is 0 Å². The number of hydrogen-bond donors (Lipinski definition) is 5. The standard InChI is InChI=1S/C9H11NO2.C6H15NO3/c10-8(9(11)12)6-7-4-2-1-3-5-7;8-4-1-7(2-5-9)3-6-10/h1-5,8H,6,10H2,(H,11,12);8-10H,1-6H2. The molecule has 6 N–H and O–H groups in total. The maximum atomic E-state index is 10.4. The normalized spacial score (nSPS) is 11.7. The number of nitrogens with zero attached hydrogens (tertiary/aromatic N) is 1. The minimum absolute atomic E-state index is 0.0694. The predicted molar refractivity (Wildman–Crippen MR) is 83.5 cm³/mol. The van der Waals surface area contributed by atoms with Gasteiger partial charge in [-0.3, -0.25) is 9.69 Å². The van der Waals surface area contributed by atoms with Crippen molar-refractivity contribution in [3.63, 3.8) is 0 Å². The molecule has 0 aliphatic carbocycles. The van der Waals surface area contributed by atoms with Crippen LogP contribution in [0.1, 0.15) is 5.56 Å². The van der Waals surface area contributed by atoms with E-state index in [1.165, 1.54) is 0 Å². The highest BCUT2D eigenvalue weighted by atomic mass is 16.4. The number of carboxylic acid groups (broad SMARTS) is 1. The minimum atomic E-state index is -0.959. The fourth-order valence-corrected chi connectivity index (χ4v) is 1.72. The lowest BCUT2D eigenvalue weighted by atomic mass is 10.1. The molecule has 0 fully saturated rings. The number of aliphatic hydroxyl groups excluding tert-OH is 3. The average molecular weight is 314 g/mol. The first-order valence-electron chi connectivity index (χ1n) is 7.12. The molecule has 7 nitrogen and oxygen atoms in total. The van der Waals surface area contributed by atoms with Gasteiger partial charge in [0.25, 0.3) is 0 Å². The molecule has 0 aliphatic heterocycles. The number of hydrogen-bond acceptors (Lipinski definition) is 6. The van der Waals surface area contributed by atoms with E-state index in [1.807, 2.05) is 30.3 Å². The lowest BCUT2D eigenvalue weighted by Gasteiger charge is -2.17. The van der Waals surface area contributed by atoms with Crippen LogP contribution in [0, 0.1) is 0 Å². The summed E-state index contributed by atoms with van der Waals surface area (Å²) >= 11 is 0. The molecule has 22 heavy (non-hydrogen) atoms. The van der Waals surface area contributed by atoms with E-state index in [2.05, 4.69) is 0 Å². The van der Waals surface area contributed by atoms with Gasteiger partial charge in [0.1, 0.15) is 6.04 Å². The average Bonchev–Trinajstić information content (AvgIpc) is 2.49. The van der Waals surface area contributed by atoms with Crippen LogP contribution >= 0.6 is 0 Å². The Morgan fingerprint density at radius 1 is 1.00 bits per heavy atom. The molecule has 7 heteroatoms. The second-order valence-corrected chi connectivity index (χ2v) is 4.65. The van der Waals surface area contributed by atoms with Gasteiger partial charge in [-0.2, -0.15) is 0 Å². The highest BCUT2D eigenvalue weighted by Crippen LogP contribution is 2.01. The van der Waals surface area contributed by atoms with E-state index < -0.39 is 12.0 Å². The molecule has 1 aromatic rings. The van der Waals surface area contributed by atoms with Gasteiger partial charge in [-0.05, 0) is 12.0 Å². The maximum absolute atomic E-state index is 10.4. The Morgan fingerprint density at radius 2 is 1.45 bits per heavy atom. The number of aliphatic carboxylic acids is 1. The van der Waals surface area contributed by atoms with E-state index in [1.54, 1.807) is 4.90 Å². The lowest BCUT2D eigenvalue weighted by Crippen LogP contribution is -2.32. The van der Waals surface area contributed by atoms with E-state index in [0.29, 0.717) is 26.1 Å². The zero-order chi connectivity index (χ0) is 16.8. The van der Waals surface area contributed by atoms with Crippen molar-refractivity contribution in [2.24, 2.45) is 5.73 Å². The SMILES string of the molecule is NC(Cc1ccccc1)C(=O)O.OCCN(CCO)CCO. The Morgan fingerprint density at radius 3 is 1.82 bits per heavy atom. The van der Waals surface area contributed by atoms with E-state index in [-0.39, 0.29) is 19.8 Å². The lowest BCUT2D eigenvalue weighted by molar-refractivity contribution is -0.138. The quantitative estimate of drug-likeness (QED) is 0.392. The molecule has 0 saturated heterocycles. The van der Waals surface area contributed by atoms with Crippen LogP contribution in [0.2, 0.25) is 0 Å². The smallest absolute Gasteiger partial charge is 0.320 e. The summed E-state index contributed by atoms with van der Waals surface area (Å²) in [6.07, 6.45) is 0.385. The molecule has 1 aromatic carbocycles. The van der Waals surface area contributed by atoms with Crippen molar-refractivity contribution >= 4 is 5.97 Å². The van der Waals surface area contributed by atoms with Crippen LogP contribution in [0.5, 0.6) is 0 Å². The van der Waals surface area contributed by atoms with E-state index in [0.717, 1.165) is 5.56 Å².